The Balaban J connectivity index is 1.92. The predicted molar refractivity (Wildman–Crippen MR) is 98.5 cm³/mol. The molecule has 0 saturated carbocycles. The van der Waals surface area contributed by atoms with Gasteiger partial charge in [0.05, 0.1) is 33.4 Å². The summed E-state index contributed by atoms with van der Waals surface area (Å²) in [4.78, 5) is 4.59. The van der Waals surface area contributed by atoms with E-state index in [-0.39, 0.29) is 0 Å². The molecule has 1 aromatic rings. The van der Waals surface area contributed by atoms with Crippen molar-refractivity contribution in [2.75, 3.05) is 53.6 Å². The SMILES string of the molecule is COCCN1CSC(=S)N(CCc2ccc(OC)c(OC)c2)C1. The molecule has 0 spiro atoms. The number of ether oxygens (including phenoxy) is 3. The summed E-state index contributed by atoms with van der Waals surface area (Å²) >= 11 is 7.20. The molecule has 0 aliphatic carbocycles. The van der Waals surface area contributed by atoms with Crippen LogP contribution in [0.5, 0.6) is 11.5 Å². The molecule has 7 heteroatoms. The zero-order chi connectivity index (χ0) is 16.7. The van der Waals surface area contributed by atoms with Gasteiger partial charge >= 0.3 is 0 Å². The number of hydrogen-bond donors (Lipinski definition) is 0. The molecular formula is C16H24N2O3S2. The van der Waals surface area contributed by atoms with Crippen LogP contribution in [0.15, 0.2) is 18.2 Å². The van der Waals surface area contributed by atoms with E-state index in [1.807, 2.05) is 12.1 Å². The highest BCUT2D eigenvalue weighted by Gasteiger charge is 2.21. The van der Waals surface area contributed by atoms with Gasteiger partial charge in [0.1, 0.15) is 4.32 Å². The van der Waals surface area contributed by atoms with E-state index in [2.05, 4.69) is 15.9 Å². The molecule has 1 aliphatic heterocycles. The summed E-state index contributed by atoms with van der Waals surface area (Å²) in [5.74, 6) is 2.46. The number of nitrogens with zero attached hydrogens (tertiary/aromatic N) is 2. The van der Waals surface area contributed by atoms with Crippen molar-refractivity contribution in [2.45, 2.75) is 6.42 Å². The summed E-state index contributed by atoms with van der Waals surface area (Å²) in [5, 5.41) is 0. The van der Waals surface area contributed by atoms with Crippen LogP contribution in [-0.4, -0.2) is 67.7 Å². The lowest BCUT2D eigenvalue weighted by atomic mass is 10.1. The third-order valence-electron chi connectivity index (χ3n) is 3.73. The van der Waals surface area contributed by atoms with Gasteiger partial charge < -0.3 is 19.1 Å². The molecule has 0 amide bonds. The molecule has 1 aromatic carbocycles. The normalized spacial score (nSPS) is 15.8. The number of thioether (sulfide) groups is 1. The van der Waals surface area contributed by atoms with E-state index in [1.54, 1.807) is 33.1 Å². The molecule has 1 saturated heterocycles. The minimum Gasteiger partial charge on any atom is -0.493 e. The number of hydrogen-bond acceptors (Lipinski definition) is 6. The molecule has 5 nitrogen and oxygen atoms in total. The van der Waals surface area contributed by atoms with Crippen molar-refractivity contribution >= 4 is 28.3 Å². The molecule has 128 valence electrons. The lowest BCUT2D eigenvalue weighted by molar-refractivity contribution is 0.133. The van der Waals surface area contributed by atoms with Crippen molar-refractivity contribution in [3.63, 3.8) is 0 Å². The van der Waals surface area contributed by atoms with Crippen LogP contribution in [0.1, 0.15) is 5.56 Å². The second-order valence-corrected chi connectivity index (χ2v) is 6.85. The van der Waals surface area contributed by atoms with Gasteiger partial charge in [-0.2, -0.15) is 0 Å². The zero-order valence-electron chi connectivity index (χ0n) is 13.9. The van der Waals surface area contributed by atoms with Gasteiger partial charge in [0.15, 0.2) is 11.5 Å². The maximum Gasteiger partial charge on any atom is 0.160 e. The molecular weight excluding hydrogens is 332 g/mol. The van der Waals surface area contributed by atoms with Crippen molar-refractivity contribution in [2.24, 2.45) is 0 Å². The number of benzene rings is 1. The fourth-order valence-corrected chi connectivity index (χ4v) is 3.54. The summed E-state index contributed by atoms with van der Waals surface area (Å²) < 4.78 is 16.8. The van der Waals surface area contributed by atoms with E-state index in [9.17, 15) is 0 Å². The number of rotatable bonds is 8. The standard InChI is InChI=1S/C16H24N2O3S2/c1-19-9-8-17-11-18(16(22)23-12-17)7-6-13-4-5-14(20-2)15(10-13)21-3/h4-5,10H,6-9,11-12H2,1-3H3. The first-order valence-corrected chi connectivity index (χ1v) is 8.91. The van der Waals surface area contributed by atoms with Gasteiger partial charge in [-0.05, 0) is 24.1 Å². The maximum atomic E-state index is 5.48. The topological polar surface area (TPSA) is 34.2 Å². The molecule has 0 bridgehead atoms. The van der Waals surface area contributed by atoms with Crippen molar-refractivity contribution in [1.29, 1.82) is 0 Å². The van der Waals surface area contributed by atoms with E-state index in [0.29, 0.717) is 0 Å². The zero-order valence-corrected chi connectivity index (χ0v) is 15.5. The average Bonchev–Trinajstić information content (AvgIpc) is 2.59. The molecule has 0 atom stereocenters. The Hall–Kier alpha value is -1.02. The molecule has 0 aromatic heterocycles. The Labute approximate surface area is 147 Å². The van der Waals surface area contributed by atoms with Crippen LogP contribution in [0.2, 0.25) is 0 Å². The van der Waals surface area contributed by atoms with E-state index >= 15 is 0 Å². The van der Waals surface area contributed by atoms with Gasteiger partial charge in [-0.25, -0.2) is 0 Å². The van der Waals surface area contributed by atoms with Crippen LogP contribution < -0.4 is 9.47 Å². The lowest BCUT2D eigenvalue weighted by Gasteiger charge is -2.36. The van der Waals surface area contributed by atoms with Crippen LogP contribution in [0, 0.1) is 0 Å². The van der Waals surface area contributed by atoms with E-state index in [4.69, 9.17) is 26.4 Å². The highest BCUT2D eigenvalue weighted by Crippen LogP contribution is 2.28. The Bertz CT molecular complexity index is 528. The predicted octanol–water partition coefficient (Wildman–Crippen LogP) is 2.44. The first-order chi connectivity index (χ1) is 11.2. The Kier molecular flexibility index (Phi) is 7.42. The van der Waals surface area contributed by atoms with Gasteiger partial charge in [-0.3, -0.25) is 4.90 Å². The van der Waals surface area contributed by atoms with Crippen molar-refractivity contribution in [3.8, 4) is 11.5 Å². The third-order valence-corrected chi connectivity index (χ3v) is 5.34. The molecule has 1 aliphatic rings. The van der Waals surface area contributed by atoms with E-state index in [1.165, 1.54) is 5.56 Å². The second-order valence-electron chi connectivity index (χ2n) is 5.27. The molecule has 1 heterocycles. The average molecular weight is 357 g/mol. The molecule has 0 radical (unpaired) electrons. The second kappa shape index (κ2) is 9.32. The van der Waals surface area contributed by atoms with E-state index < -0.39 is 0 Å². The summed E-state index contributed by atoms with van der Waals surface area (Å²) in [6.45, 7) is 3.43. The lowest BCUT2D eigenvalue weighted by Crippen LogP contribution is -2.46. The molecule has 0 N–H and O–H groups in total. The highest BCUT2D eigenvalue weighted by atomic mass is 32.2. The molecule has 0 unspecified atom stereocenters. The Morgan fingerprint density at radius 1 is 1.13 bits per heavy atom. The fourth-order valence-electron chi connectivity index (χ4n) is 2.40. The maximum absolute atomic E-state index is 5.48. The summed E-state index contributed by atoms with van der Waals surface area (Å²) in [6, 6.07) is 6.05. The molecule has 23 heavy (non-hydrogen) atoms. The van der Waals surface area contributed by atoms with Crippen LogP contribution in [0.25, 0.3) is 0 Å². The van der Waals surface area contributed by atoms with Crippen molar-refractivity contribution in [3.05, 3.63) is 23.8 Å². The Morgan fingerprint density at radius 3 is 2.61 bits per heavy atom. The van der Waals surface area contributed by atoms with Gasteiger partial charge in [0.2, 0.25) is 0 Å². The summed E-state index contributed by atoms with van der Waals surface area (Å²) in [7, 11) is 5.04. The molecule has 1 fully saturated rings. The van der Waals surface area contributed by atoms with Crippen LogP contribution in [0.4, 0.5) is 0 Å². The van der Waals surface area contributed by atoms with Crippen LogP contribution in [0.3, 0.4) is 0 Å². The Morgan fingerprint density at radius 2 is 1.91 bits per heavy atom. The monoisotopic (exact) mass is 356 g/mol. The van der Waals surface area contributed by atoms with Crippen LogP contribution in [-0.2, 0) is 11.2 Å². The first-order valence-electron chi connectivity index (χ1n) is 7.51. The van der Waals surface area contributed by atoms with E-state index in [0.717, 1.165) is 54.5 Å². The smallest absolute Gasteiger partial charge is 0.160 e. The largest absolute Gasteiger partial charge is 0.493 e. The fraction of sp³-hybridized carbons (Fsp3) is 0.562. The van der Waals surface area contributed by atoms with Gasteiger partial charge in [0, 0.05) is 20.2 Å². The summed E-state index contributed by atoms with van der Waals surface area (Å²) in [5.41, 5.74) is 1.21. The van der Waals surface area contributed by atoms with Crippen molar-refractivity contribution in [1.82, 2.24) is 9.80 Å². The number of thiocarbonyl (C=S) groups is 1. The highest BCUT2D eigenvalue weighted by molar-refractivity contribution is 8.22. The third kappa shape index (κ3) is 5.24. The van der Waals surface area contributed by atoms with Gasteiger partial charge in [-0.1, -0.05) is 30.0 Å². The first kappa shape index (κ1) is 18.3. The van der Waals surface area contributed by atoms with Gasteiger partial charge in [0.25, 0.3) is 0 Å². The quantitative estimate of drug-likeness (QED) is 0.662. The van der Waals surface area contributed by atoms with Crippen molar-refractivity contribution < 1.29 is 14.2 Å². The van der Waals surface area contributed by atoms with Crippen LogP contribution >= 0.6 is 24.0 Å². The van der Waals surface area contributed by atoms with Gasteiger partial charge in [-0.15, -0.1) is 0 Å². The molecule has 2 rings (SSSR count). The minimum atomic E-state index is 0.747. The summed E-state index contributed by atoms with van der Waals surface area (Å²) in [6.07, 6.45) is 0.916. The minimum absolute atomic E-state index is 0.747. The number of methoxy groups -OCH3 is 3.